The molecule has 1 aromatic carbocycles. The Morgan fingerprint density at radius 3 is 2.62 bits per heavy atom. The van der Waals surface area contributed by atoms with E-state index in [1.54, 1.807) is 0 Å². The maximum absolute atomic E-state index is 5.80. The van der Waals surface area contributed by atoms with Crippen LogP contribution in [0.2, 0.25) is 0 Å². The predicted octanol–water partition coefficient (Wildman–Crippen LogP) is 4.68. The van der Waals surface area contributed by atoms with Crippen molar-refractivity contribution in [3.8, 4) is 5.75 Å². The van der Waals surface area contributed by atoms with Gasteiger partial charge in [-0.05, 0) is 26.3 Å². The van der Waals surface area contributed by atoms with Crippen molar-refractivity contribution in [3.05, 3.63) is 35.4 Å². The molecule has 0 spiro atoms. The first-order valence-corrected chi connectivity index (χ1v) is 6.10. The number of rotatable bonds is 6. The maximum atomic E-state index is 5.80. The Bertz CT molecular complexity index is 335. The van der Waals surface area contributed by atoms with Gasteiger partial charge in [0, 0.05) is 5.56 Å². The number of unbranched alkanes of at least 4 members (excludes halogenated alkanes) is 2. The summed E-state index contributed by atoms with van der Waals surface area (Å²) >= 11 is 0. The average molecular weight is 218 g/mol. The highest BCUT2D eigenvalue weighted by atomic mass is 16.5. The largest absolute Gasteiger partial charge is 0.493 e. The normalized spacial score (nSPS) is 9.94. The second kappa shape index (κ2) is 7.10. The van der Waals surface area contributed by atoms with Crippen LogP contribution < -0.4 is 4.74 Å². The predicted molar refractivity (Wildman–Crippen MR) is 70.8 cm³/mol. The van der Waals surface area contributed by atoms with Crippen molar-refractivity contribution < 1.29 is 4.74 Å². The highest BCUT2D eigenvalue weighted by Gasteiger charge is 1.99. The lowest BCUT2D eigenvalue weighted by molar-refractivity contribution is 0.305. The number of allylic oxidation sites excluding steroid dienone is 1. The molecule has 16 heavy (non-hydrogen) atoms. The summed E-state index contributed by atoms with van der Waals surface area (Å²) in [7, 11) is 0. The molecule has 0 radical (unpaired) electrons. The van der Waals surface area contributed by atoms with Crippen molar-refractivity contribution in [1.29, 1.82) is 0 Å². The van der Waals surface area contributed by atoms with E-state index in [-0.39, 0.29) is 0 Å². The van der Waals surface area contributed by atoms with E-state index >= 15 is 0 Å². The van der Waals surface area contributed by atoms with Gasteiger partial charge in [0.15, 0.2) is 0 Å². The average Bonchev–Trinajstić information content (AvgIpc) is 2.26. The number of benzene rings is 1. The van der Waals surface area contributed by atoms with Crippen LogP contribution in [0.4, 0.5) is 0 Å². The molecule has 0 amide bonds. The van der Waals surface area contributed by atoms with Crippen LogP contribution in [0.25, 0.3) is 6.08 Å². The number of hydrogen-bond acceptors (Lipinski definition) is 1. The van der Waals surface area contributed by atoms with Gasteiger partial charge in [0.25, 0.3) is 0 Å². The van der Waals surface area contributed by atoms with Crippen molar-refractivity contribution in [1.82, 2.24) is 0 Å². The third-order valence-corrected chi connectivity index (χ3v) is 2.37. The van der Waals surface area contributed by atoms with Gasteiger partial charge in [-0.1, -0.05) is 49.6 Å². The fraction of sp³-hybridized carbons (Fsp3) is 0.467. The summed E-state index contributed by atoms with van der Waals surface area (Å²) < 4.78 is 5.80. The van der Waals surface area contributed by atoms with Crippen molar-refractivity contribution in [2.75, 3.05) is 6.61 Å². The second-order valence-corrected chi connectivity index (χ2v) is 4.32. The molecule has 1 nitrogen and oxygen atoms in total. The molecule has 0 fully saturated rings. The van der Waals surface area contributed by atoms with Crippen LogP contribution in [-0.2, 0) is 0 Å². The Morgan fingerprint density at radius 1 is 1.19 bits per heavy atom. The lowest BCUT2D eigenvalue weighted by Gasteiger charge is -2.09. The summed E-state index contributed by atoms with van der Waals surface area (Å²) in [5.74, 6) is 1.000. The molecule has 0 aliphatic carbocycles. The third kappa shape index (κ3) is 4.52. The molecule has 0 bridgehead atoms. The van der Waals surface area contributed by atoms with Crippen molar-refractivity contribution in [2.24, 2.45) is 0 Å². The van der Waals surface area contributed by atoms with Crippen molar-refractivity contribution in [3.63, 3.8) is 0 Å². The van der Waals surface area contributed by atoms with Gasteiger partial charge in [0.05, 0.1) is 6.61 Å². The highest BCUT2D eigenvalue weighted by Crippen LogP contribution is 2.21. The van der Waals surface area contributed by atoms with Crippen molar-refractivity contribution in [2.45, 2.75) is 40.0 Å². The van der Waals surface area contributed by atoms with E-state index in [4.69, 9.17) is 4.74 Å². The van der Waals surface area contributed by atoms with E-state index in [9.17, 15) is 0 Å². The van der Waals surface area contributed by atoms with Gasteiger partial charge in [-0.3, -0.25) is 0 Å². The number of para-hydroxylation sites is 1. The molecule has 0 atom stereocenters. The Labute approximate surface area is 99.1 Å². The summed E-state index contributed by atoms with van der Waals surface area (Å²) in [5, 5.41) is 0. The molecule has 0 aliphatic heterocycles. The first kappa shape index (κ1) is 12.8. The highest BCUT2D eigenvalue weighted by molar-refractivity contribution is 5.58. The zero-order valence-corrected chi connectivity index (χ0v) is 10.6. The lowest BCUT2D eigenvalue weighted by Crippen LogP contribution is -1.98. The molecule has 1 aromatic rings. The summed E-state index contributed by atoms with van der Waals surface area (Å²) in [6.45, 7) is 7.24. The summed E-state index contributed by atoms with van der Waals surface area (Å²) in [4.78, 5) is 0. The molecule has 0 N–H and O–H groups in total. The first-order chi connectivity index (χ1) is 7.74. The topological polar surface area (TPSA) is 9.23 Å². The fourth-order valence-corrected chi connectivity index (χ4v) is 1.58. The zero-order valence-electron chi connectivity index (χ0n) is 10.6. The molecule has 0 saturated carbocycles. The van der Waals surface area contributed by atoms with Crippen LogP contribution in [0.15, 0.2) is 29.8 Å². The van der Waals surface area contributed by atoms with E-state index in [2.05, 4.69) is 32.9 Å². The van der Waals surface area contributed by atoms with E-state index < -0.39 is 0 Å². The fourth-order valence-electron chi connectivity index (χ4n) is 1.58. The van der Waals surface area contributed by atoms with Crippen LogP contribution in [-0.4, -0.2) is 6.61 Å². The van der Waals surface area contributed by atoms with Crippen LogP contribution in [0, 0.1) is 0 Å². The second-order valence-electron chi connectivity index (χ2n) is 4.32. The van der Waals surface area contributed by atoms with E-state index in [1.165, 1.54) is 24.0 Å². The van der Waals surface area contributed by atoms with Crippen molar-refractivity contribution >= 4 is 6.08 Å². The molecule has 1 heteroatoms. The molecule has 88 valence electrons. The smallest absolute Gasteiger partial charge is 0.126 e. The van der Waals surface area contributed by atoms with Crippen LogP contribution in [0.1, 0.15) is 45.6 Å². The Hall–Kier alpha value is -1.24. The molecule has 0 unspecified atom stereocenters. The van der Waals surface area contributed by atoms with Crippen LogP contribution >= 0.6 is 0 Å². The minimum Gasteiger partial charge on any atom is -0.493 e. The molecular weight excluding hydrogens is 196 g/mol. The van der Waals surface area contributed by atoms with Gasteiger partial charge in [-0.2, -0.15) is 0 Å². The minimum absolute atomic E-state index is 0.821. The van der Waals surface area contributed by atoms with Crippen LogP contribution in [0.5, 0.6) is 5.75 Å². The molecule has 1 rings (SSSR count). The van der Waals surface area contributed by atoms with E-state index in [0.717, 1.165) is 18.8 Å². The van der Waals surface area contributed by atoms with E-state index in [1.807, 2.05) is 18.2 Å². The Balaban J connectivity index is 2.61. The first-order valence-electron chi connectivity index (χ1n) is 6.10. The quantitative estimate of drug-likeness (QED) is 0.630. The zero-order chi connectivity index (χ0) is 11.8. The number of hydrogen-bond donors (Lipinski definition) is 0. The summed E-state index contributed by atoms with van der Waals surface area (Å²) in [6, 6.07) is 8.22. The lowest BCUT2D eigenvalue weighted by atomic mass is 10.1. The number of ether oxygens (including phenoxy) is 1. The van der Waals surface area contributed by atoms with Gasteiger partial charge in [0.2, 0.25) is 0 Å². The Kier molecular flexibility index (Phi) is 5.69. The molecule has 0 aromatic heterocycles. The standard InChI is InChI=1S/C15H22O/c1-4-5-8-11-16-15-10-7-6-9-14(15)12-13(2)3/h6-7,9-10,12H,4-5,8,11H2,1-3H3. The molecule has 0 heterocycles. The SMILES string of the molecule is CCCCCOc1ccccc1C=C(C)C. The molecular formula is C15H22O. The van der Waals surface area contributed by atoms with Gasteiger partial charge >= 0.3 is 0 Å². The van der Waals surface area contributed by atoms with E-state index in [0.29, 0.717) is 0 Å². The van der Waals surface area contributed by atoms with Gasteiger partial charge in [0.1, 0.15) is 5.75 Å². The van der Waals surface area contributed by atoms with Gasteiger partial charge in [-0.25, -0.2) is 0 Å². The van der Waals surface area contributed by atoms with Gasteiger partial charge in [-0.15, -0.1) is 0 Å². The van der Waals surface area contributed by atoms with Gasteiger partial charge < -0.3 is 4.74 Å². The molecule has 0 aliphatic rings. The summed E-state index contributed by atoms with van der Waals surface area (Å²) in [6.07, 6.45) is 5.78. The van der Waals surface area contributed by atoms with Crippen LogP contribution in [0.3, 0.4) is 0 Å². The Morgan fingerprint density at radius 2 is 1.94 bits per heavy atom. The maximum Gasteiger partial charge on any atom is 0.126 e. The summed E-state index contributed by atoms with van der Waals surface area (Å²) in [5.41, 5.74) is 2.48. The minimum atomic E-state index is 0.821. The molecule has 0 saturated heterocycles. The monoisotopic (exact) mass is 218 g/mol. The third-order valence-electron chi connectivity index (χ3n) is 2.37.